The van der Waals surface area contributed by atoms with E-state index < -0.39 is 5.82 Å². The average molecular weight is 258 g/mol. The van der Waals surface area contributed by atoms with Gasteiger partial charge in [0.1, 0.15) is 0 Å². The van der Waals surface area contributed by atoms with Crippen molar-refractivity contribution in [1.82, 2.24) is 5.32 Å². The standard InChI is InChI=1S/C13H17ClFNO/c1-17-13-10(4-5-11(14)12(13)15)7-9-3-2-6-16-8-9/h4-5,9,16H,2-3,6-8H2,1H3. The summed E-state index contributed by atoms with van der Waals surface area (Å²) in [6.45, 7) is 2.08. The predicted molar refractivity (Wildman–Crippen MR) is 67.3 cm³/mol. The lowest BCUT2D eigenvalue weighted by Gasteiger charge is -2.23. The molecule has 1 saturated heterocycles. The number of piperidine rings is 1. The molecule has 1 aromatic rings. The van der Waals surface area contributed by atoms with Crippen LogP contribution in [0.1, 0.15) is 18.4 Å². The van der Waals surface area contributed by atoms with Gasteiger partial charge in [-0.2, -0.15) is 0 Å². The van der Waals surface area contributed by atoms with Gasteiger partial charge in [-0.05, 0) is 49.9 Å². The second-order valence-electron chi connectivity index (χ2n) is 4.47. The number of benzene rings is 1. The molecule has 0 aliphatic carbocycles. The van der Waals surface area contributed by atoms with E-state index in [9.17, 15) is 4.39 Å². The fraction of sp³-hybridized carbons (Fsp3) is 0.538. The van der Waals surface area contributed by atoms with Gasteiger partial charge in [-0.1, -0.05) is 17.7 Å². The number of hydrogen-bond acceptors (Lipinski definition) is 2. The molecule has 1 unspecified atom stereocenters. The molecular formula is C13H17ClFNO. The minimum absolute atomic E-state index is 0.118. The van der Waals surface area contributed by atoms with Crippen LogP contribution in [0, 0.1) is 11.7 Å². The lowest BCUT2D eigenvalue weighted by molar-refractivity contribution is 0.354. The Balaban J connectivity index is 2.17. The lowest BCUT2D eigenvalue weighted by atomic mass is 9.92. The third kappa shape index (κ3) is 2.90. The van der Waals surface area contributed by atoms with Crippen LogP contribution in [0.2, 0.25) is 5.02 Å². The Morgan fingerprint density at radius 2 is 2.35 bits per heavy atom. The van der Waals surface area contributed by atoms with Crippen LogP contribution in [0.5, 0.6) is 5.75 Å². The zero-order valence-corrected chi connectivity index (χ0v) is 10.7. The molecule has 0 aromatic heterocycles. The van der Waals surface area contributed by atoms with Crippen LogP contribution in [0.4, 0.5) is 4.39 Å². The van der Waals surface area contributed by atoms with Gasteiger partial charge in [0.25, 0.3) is 0 Å². The second kappa shape index (κ2) is 5.69. The first-order chi connectivity index (χ1) is 8.22. The summed E-state index contributed by atoms with van der Waals surface area (Å²) < 4.78 is 18.9. The van der Waals surface area contributed by atoms with E-state index in [1.54, 1.807) is 6.07 Å². The average Bonchev–Trinajstić information content (AvgIpc) is 2.36. The molecule has 1 aliphatic heterocycles. The normalized spacial score (nSPS) is 20.3. The van der Waals surface area contributed by atoms with Gasteiger partial charge in [-0.3, -0.25) is 0 Å². The third-order valence-electron chi connectivity index (χ3n) is 3.24. The lowest BCUT2D eigenvalue weighted by Crippen LogP contribution is -2.30. The zero-order chi connectivity index (χ0) is 12.3. The molecule has 2 nitrogen and oxygen atoms in total. The zero-order valence-electron chi connectivity index (χ0n) is 9.93. The fourth-order valence-electron chi connectivity index (χ4n) is 2.36. The van der Waals surface area contributed by atoms with Crippen LogP contribution >= 0.6 is 11.6 Å². The summed E-state index contributed by atoms with van der Waals surface area (Å²) in [5.74, 6) is 0.400. The monoisotopic (exact) mass is 257 g/mol. The summed E-state index contributed by atoms with van der Waals surface area (Å²) in [7, 11) is 1.48. The van der Waals surface area contributed by atoms with Crippen LogP contribution in [-0.2, 0) is 6.42 Å². The van der Waals surface area contributed by atoms with E-state index in [-0.39, 0.29) is 5.02 Å². The third-order valence-corrected chi connectivity index (χ3v) is 3.54. The fourth-order valence-corrected chi connectivity index (χ4v) is 2.51. The Morgan fingerprint density at radius 3 is 3.00 bits per heavy atom. The molecule has 0 bridgehead atoms. The molecule has 1 atom stereocenters. The number of rotatable bonds is 3. The summed E-state index contributed by atoms with van der Waals surface area (Å²) in [6, 6.07) is 3.46. The van der Waals surface area contributed by atoms with Crippen LogP contribution in [0.3, 0.4) is 0 Å². The number of nitrogens with one attached hydrogen (secondary N) is 1. The van der Waals surface area contributed by atoms with E-state index in [0.717, 1.165) is 25.1 Å². The molecule has 1 aromatic carbocycles. The maximum atomic E-state index is 13.7. The van der Waals surface area contributed by atoms with E-state index in [0.29, 0.717) is 11.7 Å². The highest BCUT2D eigenvalue weighted by Crippen LogP contribution is 2.31. The Morgan fingerprint density at radius 1 is 1.53 bits per heavy atom. The van der Waals surface area contributed by atoms with Crippen molar-refractivity contribution in [3.05, 3.63) is 28.5 Å². The van der Waals surface area contributed by atoms with Crippen molar-refractivity contribution in [2.75, 3.05) is 20.2 Å². The maximum absolute atomic E-state index is 13.7. The van der Waals surface area contributed by atoms with Gasteiger partial charge in [0.2, 0.25) is 0 Å². The highest BCUT2D eigenvalue weighted by Gasteiger charge is 2.18. The number of hydrogen-bond donors (Lipinski definition) is 1. The molecule has 0 amide bonds. The van der Waals surface area contributed by atoms with Crippen molar-refractivity contribution in [2.45, 2.75) is 19.3 Å². The summed E-state index contributed by atoms with van der Waals surface area (Å²) in [5, 5.41) is 3.48. The number of ether oxygens (including phenoxy) is 1. The van der Waals surface area contributed by atoms with Crippen molar-refractivity contribution < 1.29 is 9.13 Å². The van der Waals surface area contributed by atoms with E-state index in [1.807, 2.05) is 6.07 Å². The van der Waals surface area contributed by atoms with Gasteiger partial charge in [0, 0.05) is 0 Å². The van der Waals surface area contributed by atoms with Gasteiger partial charge in [0.05, 0.1) is 12.1 Å². The van der Waals surface area contributed by atoms with Gasteiger partial charge < -0.3 is 10.1 Å². The minimum atomic E-state index is -0.449. The van der Waals surface area contributed by atoms with Crippen molar-refractivity contribution in [2.24, 2.45) is 5.92 Å². The van der Waals surface area contributed by atoms with Crippen LogP contribution in [0.15, 0.2) is 12.1 Å². The Labute approximate surface area is 106 Å². The van der Waals surface area contributed by atoms with E-state index in [4.69, 9.17) is 16.3 Å². The van der Waals surface area contributed by atoms with Gasteiger partial charge in [-0.25, -0.2) is 4.39 Å². The summed E-state index contributed by atoms with van der Waals surface area (Å²) >= 11 is 5.74. The molecule has 2 rings (SSSR count). The van der Waals surface area contributed by atoms with Gasteiger partial charge in [0.15, 0.2) is 11.6 Å². The topological polar surface area (TPSA) is 21.3 Å². The molecule has 1 fully saturated rings. The molecule has 0 saturated carbocycles. The SMILES string of the molecule is COc1c(CC2CCCNC2)ccc(Cl)c1F. The molecule has 1 aliphatic rings. The molecule has 0 spiro atoms. The van der Waals surface area contributed by atoms with Gasteiger partial charge >= 0.3 is 0 Å². The Bertz CT molecular complexity index is 391. The summed E-state index contributed by atoms with van der Waals surface area (Å²) in [5.41, 5.74) is 0.906. The van der Waals surface area contributed by atoms with E-state index >= 15 is 0 Å². The smallest absolute Gasteiger partial charge is 0.183 e. The van der Waals surface area contributed by atoms with Crippen molar-refractivity contribution >= 4 is 11.6 Å². The van der Waals surface area contributed by atoms with Crippen molar-refractivity contribution in [3.8, 4) is 5.75 Å². The Kier molecular flexibility index (Phi) is 4.24. The first kappa shape index (κ1) is 12.7. The summed E-state index contributed by atoms with van der Waals surface area (Å²) in [4.78, 5) is 0. The van der Waals surface area contributed by atoms with Crippen LogP contribution < -0.4 is 10.1 Å². The van der Waals surface area contributed by atoms with Gasteiger partial charge in [-0.15, -0.1) is 0 Å². The molecular weight excluding hydrogens is 241 g/mol. The van der Waals surface area contributed by atoms with Crippen molar-refractivity contribution in [1.29, 1.82) is 0 Å². The molecule has 1 heterocycles. The quantitative estimate of drug-likeness (QED) is 0.899. The van der Waals surface area contributed by atoms with E-state index in [2.05, 4.69) is 5.32 Å². The predicted octanol–water partition coefficient (Wildman–Crippen LogP) is 3.03. The highest BCUT2D eigenvalue weighted by atomic mass is 35.5. The van der Waals surface area contributed by atoms with Crippen molar-refractivity contribution in [3.63, 3.8) is 0 Å². The number of halogens is 2. The molecule has 0 radical (unpaired) electrons. The molecule has 4 heteroatoms. The maximum Gasteiger partial charge on any atom is 0.183 e. The summed E-state index contributed by atoms with van der Waals surface area (Å²) in [6.07, 6.45) is 3.20. The van der Waals surface area contributed by atoms with E-state index in [1.165, 1.54) is 20.0 Å². The molecule has 17 heavy (non-hydrogen) atoms. The highest BCUT2D eigenvalue weighted by molar-refractivity contribution is 6.30. The number of methoxy groups -OCH3 is 1. The largest absolute Gasteiger partial charge is 0.493 e. The Hall–Kier alpha value is -0.800. The first-order valence-corrected chi connectivity index (χ1v) is 6.31. The molecule has 1 N–H and O–H groups in total. The minimum Gasteiger partial charge on any atom is -0.493 e. The second-order valence-corrected chi connectivity index (χ2v) is 4.88. The molecule has 94 valence electrons. The van der Waals surface area contributed by atoms with Crippen LogP contribution in [0.25, 0.3) is 0 Å². The first-order valence-electron chi connectivity index (χ1n) is 5.94. The van der Waals surface area contributed by atoms with Crippen LogP contribution in [-0.4, -0.2) is 20.2 Å².